The average Bonchev–Trinajstić information content (AvgIpc) is 2.69. The van der Waals surface area contributed by atoms with Gasteiger partial charge in [-0.15, -0.1) is 0 Å². The Morgan fingerprint density at radius 3 is 2.80 bits per heavy atom. The number of thioether (sulfide) groups is 1. The number of aromatic nitrogens is 2. The third kappa shape index (κ3) is 2.75. The van der Waals surface area contributed by atoms with Crippen molar-refractivity contribution in [3.05, 3.63) is 6.07 Å². The van der Waals surface area contributed by atoms with Crippen LogP contribution < -0.4 is 11.1 Å². The molecule has 0 aromatic carbocycles. The largest absolute Gasteiger partial charge is 0.383 e. The van der Waals surface area contributed by atoms with Crippen molar-refractivity contribution in [2.24, 2.45) is 0 Å². The van der Waals surface area contributed by atoms with Gasteiger partial charge in [-0.25, -0.2) is 9.97 Å². The Hall–Kier alpha value is -0.970. The first-order chi connectivity index (χ1) is 7.28. The topological polar surface area (TPSA) is 63.8 Å². The van der Waals surface area contributed by atoms with Crippen LogP contribution in [-0.4, -0.2) is 22.3 Å². The Kier molecular flexibility index (Phi) is 3.30. The fraction of sp³-hybridized carbons (Fsp3) is 0.600. The van der Waals surface area contributed by atoms with Gasteiger partial charge >= 0.3 is 0 Å². The molecular formula is C10H16N4S. The molecule has 0 radical (unpaired) electrons. The maximum atomic E-state index is 5.70. The number of anilines is 2. The van der Waals surface area contributed by atoms with E-state index in [1.54, 1.807) is 6.07 Å². The second-order valence-corrected chi connectivity index (χ2v) is 4.56. The van der Waals surface area contributed by atoms with E-state index in [9.17, 15) is 0 Å². The Balaban J connectivity index is 2.09. The van der Waals surface area contributed by atoms with Crippen LogP contribution in [0.4, 0.5) is 11.6 Å². The molecule has 2 rings (SSSR count). The fourth-order valence-electron chi connectivity index (χ4n) is 1.89. The summed E-state index contributed by atoms with van der Waals surface area (Å²) in [5.74, 6) is 1.40. The number of nitrogens with one attached hydrogen (secondary N) is 1. The van der Waals surface area contributed by atoms with Gasteiger partial charge in [0.25, 0.3) is 0 Å². The number of hydrogen-bond acceptors (Lipinski definition) is 5. The van der Waals surface area contributed by atoms with Crippen molar-refractivity contribution >= 4 is 23.4 Å². The van der Waals surface area contributed by atoms with Crippen molar-refractivity contribution < 1.29 is 0 Å². The Labute approximate surface area is 94.1 Å². The average molecular weight is 224 g/mol. The minimum atomic E-state index is 0.537. The Morgan fingerprint density at radius 1 is 1.40 bits per heavy atom. The summed E-state index contributed by atoms with van der Waals surface area (Å²) in [4.78, 5) is 8.49. The summed E-state index contributed by atoms with van der Waals surface area (Å²) in [5.41, 5.74) is 5.70. The number of hydrogen-bond donors (Lipinski definition) is 2. The Bertz CT molecular complexity index is 336. The molecule has 82 valence electrons. The van der Waals surface area contributed by atoms with Gasteiger partial charge in [0.1, 0.15) is 11.6 Å². The molecule has 3 N–H and O–H groups in total. The van der Waals surface area contributed by atoms with E-state index in [0.29, 0.717) is 11.9 Å². The summed E-state index contributed by atoms with van der Waals surface area (Å²) >= 11 is 1.51. The molecule has 5 heteroatoms. The van der Waals surface area contributed by atoms with E-state index in [1.807, 2.05) is 6.26 Å². The van der Waals surface area contributed by atoms with Crippen LogP contribution in [0, 0.1) is 0 Å². The quantitative estimate of drug-likeness (QED) is 0.608. The third-order valence-corrected chi connectivity index (χ3v) is 3.16. The van der Waals surface area contributed by atoms with Crippen LogP contribution in [0.2, 0.25) is 0 Å². The smallest absolute Gasteiger partial charge is 0.191 e. The summed E-state index contributed by atoms with van der Waals surface area (Å²) in [6.45, 7) is 0. The van der Waals surface area contributed by atoms with E-state index in [4.69, 9.17) is 5.73 Å². The van der Waals surface area contributed by atoms with Gasteiger partial charge in [0.2, 0.25) is 0 Å². The van der Waals surface area contributed by atoms with Crippen molar-refractivity contribution in [3.8, 4) is 0 Å². The van der Waals surface area contributed by atoms with Gasteiger partial charge in [-0.1, -0.05) is 24.6 Å². The minimum Gasteiger partial charge on any atom is -0.383 e. The first-order valence-corrected chi connectivity index (χ1v) is 6.45. The lowest BCUT2D eigenvalue weighted by molar-refractivity contribution is 0.746. The summed E-state index contributed by atoms with van der Waals surface area (Å²) < 4.78 is 0. The van der Waals surface area contributed by atoms with Crippen LogP contribution in [0.25, 0.3) is 0 Å². The van der Waals surface area contributed by atoms with E-state index in [2.05, 4.69) is 15.3 Å². The maximum Gasteiger partial charge on any atom is 0.191 e. The highest BCUT2D eigenvalue weighted by atomic mass is 32.2. The molecule has 1 heterocycles. The van der Waals surface area contributed by atoms with Crippen LogP contribution in [-0.2, 0) is 0 Å². The van der Waals surface area contributed by atoms with E-state index in [0.717, 1.165) is 11.0 Å². The zero-order valence-corrected chi connectivity index (χ0v) is 9.68. The molecule has 0 spiro atoms. The highest BCUT2D eigenvalue weighted by Gasteiger charge is 2.15. The van der Waals surface area contributed by atoms with Crippen molar-refractivity contribution in [1.82, 2.24) is 9.97 Å². The molecule has 0 amide bonds. The molecular weight excluding hydrogens is 208 g/mol. The Morgan fingerprint density at radius 2 is 2.13 bits per heavy atom. The molecule has 0 atom stereocenters. The van der Waals surface area contributed by atoms with Crippen molar-refractivity contribution in [2.45, 2.75) is 36.9 Å². The number of nitrogens with zero attached hydrogens (tertiary/aromatic N) is 2. The minimum absolute atomic E-state index is 0.537. The first kappa shape index (κ1) is 10.5. The molecule has 1 aromatic heterocycles. The number of nitrogen functional groups attached to an aromatic ring is 1. The van der Waals surface area contributed by atoms with E-state index < -0.39 is 0 Å². The monoisotopic (exact) mass is 224 g/mol. The maximum absolute atomic E-state index is 5.70. The van der Waals surface area contributed by atoms with Gasteiger partial charge in [-0.3, -0.25) is 0 Å². The first-order valence-electron chi connectivity index (χ1n) is 5.23. The van der Waals surface area contributed by atoms with E-state index in [-0.39, 0.29) is 0 Å². The SMILES string of the molecule is CSc1nc(N)cc(NC2CCCC2)n1. The number of nitrogens with two attached hydrogens (primary N) is 1. The molecule has 1 fully saturated rings. The molecule has 1 aromatic rings. The fourth-order valence-corrected chi connectivity index (χ4v) is 2.27. The van der Waals surface area contributed by atoms with Gasteiger partial charge in [0, 0.05) is 12.1 Å². The summed E-state index contributed by atoms with van der Waals surface area (Å²) in [6, 6.07) is 2.37. The summed E-state index contributed by atoms with van der Waals surface area (Å²) in [7, 11) is 0. The van der Waals surface area contributed by atoms with Gasteiger partial charge in [0.15, 0.2) is 5.16 Å². The van der Waals surface area contributed by atoms with E-state index in [1.165, 1.54) is 37.4 Å². The lowest BCUT2D eigenvalue weighted by atomic mass is 10.2. The second-order valence-electron chi connectivity index (χ2n) is 3.79. The normalized spacial score (nSPS) is 16.9. The summed E-state index contributed by atoms with van der Waals surface area (Å²) in [6.07, 6.45) is 7.05. The zero-order valence-electron chi connectivity index (χ0n) is 8.86. The van der Waals surface area contributed by atoms with Crippen LogP contribution in [0.5, 0.6) is 0 Å². The lowest BCUT2D eigenvalue weighted by Crippen LogP contribution is -2.16. The molecule has 0 saturated heterocycles. The van der Waals surface area contributed by atoms with E-state index >= 15 is 0 Å². The van der Waals surface area contributed by atoms with Crippen molar-refractivity contribution in [3.63, 3.8) is 0 Å². The molecule has 0 bridgehead atoms. The highest BCUT2D eigenvalue weighted by Crippen LogP contribution is 2.23. The predicted molar refractivity (Wildman–Crippen MR) is 64.1 cm³/mol. The van der Waals surface area contributed by atoms with Gasteiger partial charge in [0.05, 0.1) is 0 Å². The molecule has 0 aliphatic heterocycles. The van der Waals surface area contributed by atoms with Crippen molar-refractivity contribution in [1.29, 1.82) is 0 Å². The molecule has 1 aliphatic rings. The standard InChI is InChI=1S/C10H16N4S/c1-15-10-13-8(11)6-9(14-10)12-7-4-2-3-5-7/h6-7H,2-5H2,1H3,(H3,11,12,13,14). The third-order valence-electron chi connectivity index (χ3n) is 2.62. The van der Waals surface area contributed by atoms with Crippen LogP contribution in [0.15, 0.2) is 11.2 Å². The van der Waals surface area contributed by atoms with Crippen LogP contribution >= 0.6 is 11.8 Å². The van der Waals surface area contributed by atoms with Crippen LogP contribution in [0.3, 0.4) is 0 Å². The second kappa shape index (κ2) is 4.70. The van der Waals surface area contributed by atoms with Gasteiger partial charge < -0.3 is 11.1 Å². The van der Waals surface area contributed by atoms with Crippen LogP contribution in [0.1, 0.15) is 25.7 Å². The molecule has 0 unspecified atom stereocenters. The molecule has 15 heavy (non-hydrogen) atoms. The summed E-state index contributed by atoms with van der Waals surface area (Å²) in [5, 5.41) is 4.14. The highest BCUT2D eigenvalue weighted by molar-refractivity contribution is 7.98. The molecule has 1 saturated carbocycles. The van der Waals surface area contributed by atoms with Gasteiger partial charge in [-0.2, -0.15) is 0 Å². The predicted octanol–water partition coefficient (Wildman–Crippen LogP) is 2.14. The molecule has 4 nitrogen and oxygen atoms in total. The van der Waals surface area contributed by atoms with Crippen molar-refractivity contribution in [2.75, 3.05) is 17.3 Å². The zero-order chi connectivity index (χ0) is 10.7. The lowest BCUT2D eigenvalue weighted by Gasteiger charge is -2.13. The van der Waals surface area contributed by atoms with Gasteiger partial charge in [-0.05, 0) is 19.1 Å². The number of rotatable bonds is 3. The molecule has 1 aliphatic carbocycles.